The molecule has 134 valence electrons. The summed E-state index contributed by atoms with van der Waals surface area (Å²) in [5.74, 6) is 0.613. The lowest BCUT2D eigenvalue weighted by atomic mass is 10.0. The number of anilines is 1. The van der Waals surface area contributed by atoms with Crippen molar-refractivity contribution in [2.75, 3.05) is 18.4 Å². The van der Waals surface area contributed by atoms with E-state index in [0.29, 0.717) is 11.9 Å². The third-order valence-electron chi connectivity index (χ3n) is 4.71. The fourth-order valence-corrected chi connectivity index (χ4v) is 3.17. The Morgan fingerprint density at radius 2 is 1.88 bits per heavy atom. The molecule has 2 amide bonds. The highest BCUT2D eigenvalue weighted by Gasteiger charge is 2.29. The van der Waals surface area contributed by atoms with Gasteiger partial charge in [0.2, 0.25) is 17.8 Å². The number of hydrogen-bond acceptors (Lipinski definition) is 4. The highest BCUT2D eigenvalue weighted by Crippen LogP contribution is 2.18. The summed E-state index contributed by atoms with van der Waals surface area (Å²) in [6, 6.07) is 7.14. The number of aliphatic imine (C=N–C) groups is 1. The van der Waals surface area contributed by atoms with Gasteiger partial charge in [-0.3, -0.25) is 14.9 Å². The van der Waals surface area contributed by atoms with Crippen molar-refractivity contribution in [2.45, 2.75) is 51.5 Å². The first-order chi connectivity index (χ1) is 12.0. The maximum atomic E-state index is 12.5. The molecule has 0 bridgehead atoms. The fourth-order valence-electron chi connectivity index (χ4n) is 3.17. The maximum absolute atomic E-state index is 12.5. The topological polar surface area (TPSA) is 73.8 Å². The first-order valence-electron chi connectivity index (χ1n) is 9.06. The Hall–Kier alpha value is -2.37. The van der Waals surface area contributed by atoms with Crippen LogP contribution in [0.2, 0.25) is 0 Å². The van der Waals surface area contributed by atoms with Crippen LogP contribution in [-0.2, 0) is 9.59 Å². The van der Waals surface area contributed by atoms with Gasteiger partial charge in [-0.2, -0.15) is 0 Å². The van der Waals surface area contributed by atoms with Crippen molar-refractivity contribution < 1.29 is 9.59 Å². The number of nitrogens with one attached hydrogen (secondary N) is 2. The Balaban J connectivity index is 1.68. The molecule has 6 nitrogen and oxygen atoms in total. The predicted molar refractivity (Wildman–Crippen MR) is 98.6 cm³/mol. The number of nitrogens with zero attached hydrogens (tertiary/aromatic N) is 2. The first kappa shape index (κ1) is 17.5. The zero-order valence-corrected chi connectivity index (χ0v) is 14.9. The second-order valence-electron chi connectivity index (χ2n) is 7.03. The van der Waals surface area contributed by atoms with Gasteiger partial charge in [0.1, 0.15) is 6.04 Å². The lowest BCUT2D eigenvalue weighted by molar-refractivity contribution is -0.125. The fraction of sp³-hybridized carbons (Fsp3) is 0.526. The molecule has 2 heterocycles. The molecule has 0 spiro atoms. The van der Waals surface area contributed by atoms with Crippen LogP contribution in [0.4, 0.5) is 5.69 Å². The Labute approximate surface area is 148 Å². The van der Waals surface area contributed by atoms with Crippen molar-refractivity contribution in [1.82, 2.24) is 10.2 Å². The summed E-state index contributed by atoms with van der Waals surface area (Å²) in [7, 11) is 0. The Kier molecular flexibility index (Phi) is 5.36. The van der Waals surface area contributed by atoms with E-state index in [4.69, 9.17) is 0 Å². The van der Waals surface area contributed by atoms with E-state index in [1.54, 1.807) is 0 Å². The minimum absolute atomic E-state index is 0.0905. The average Bonchev–Trinajstić information content (AvgIpc) is 2.62. The van der Waals surface area contributed by atoms with Gasteiger partial charge in [0.25, 0.3) is 0 Å². The second-order valence-corrected chi connectivity index (χ2v) is 7.03. The van der Waals surface area contributed by atoms with Crippen molar-refractivity contribution >= 4 is 23.5 Å². The summed E-state index contributed by atoms with van der Waals surface area (Å²) in [5, 5.41) is 5.69. The van der Waals surface area contributed by atoms with Crippen LogP contribution in [0.1, 0.15) is 51.0 Å². The lowest BCUT2D eigenvalue weighted by Gasteiger charge is -2.32. The highest BCUT2D eigenvalue weighted by molar-refractivity contribution is 6.05. The number of carbonyl (C=O) groups is 2. The summed E-state index contributed by atoms with van der Waals surface area (Å²) in [6.07, 6.45) is 3.48. The Morgan fingerprint density at radius 1 is 1.20 bits per heavy atom. The molecule has 1 fully saturated rings. The number of amides is 2. The number of guanidine groups is 1. The van der Waals surface area contributed by atoms with E-state index in [1.165, 1.54) is 12.0 Å². The van der Waals surface area contributed by atoms with Gasteiger partial charge in [-0.05, 0) is 42.9 Å². The van der Waals surface area contributed by atoms with Gasteiger partial charge in [0.05, 0.1) is 6.42 Å². The third kappa shape index (κ3) is 4.38. The van der Waals surface area contributed by atoms with Crippen LogP contribution in [0, 0.1) is 0 Å². The summed E-state index contributed by atoms with van der Waals surface area (Å²) in [4.78, 5) is 31.1. The molecule has 0 radical (unpaired) electrons. The third-order valence-corrected chi connectivity index (χ3v) is 4.71. The van der Waals surface area contributed by atoms with Gasteiger partial charge >= 0.3 is 0 Å². The van der Waals surface area contributed by atoms with Gasteiger partial charge in [-0.25, -0.2) is 4.99 Å². The zero-order valence-electron chi connectivity index (χ0n) is 14.9. The van der Waals surface area contributed by atoms with Crippen molar-refractivity contribution in [3.05, 3.63) is 29.8 Å². The molecule has 1 aromatic carbocycles. The first-order valence-corrected chi connectivity index (χ1v) is 9.06. The van der Waals surface area contributed by atoms with E-state index >= 15 is 0 Å². The van der Waals surface area contributed by atoms with Gasteiger partial charge in [-0.15, -0.1) is 0 Å². The molecule has 2 N–H and O–H groups in total. The largest absolute Gasteiger partial charge is 0.343 e. The quantitative estimate of drug-likeness (QED) is 0.886. The Morgan fingerprint density at radius 3 is 2.52 bits per heavy atom. The van der Waals surface area contributed by atoms with E-state index < -0.39 is 6.04 Å². The highest BCUT2D eigenvalue weighted by atomic mass is 16.2. The molecule has 0 saturated carbocycles. The predicted octanol–water partition coefficient (Wildman–Crippen LogP) is 2.48. The van der Waals surface area contributed by atoms with Gasteiger partial charge in [0.15, 0.2) is 0 Å². The summed E-state index contributed by atoms with van der Waals surface area (Å²) < 4.78 is 0. The number of benzene rings is 1. The van der Waals surface area contributed by atoms with Gasteiger partial charge in [-0.1, -0.05) is 26.0 Å². The SMILES string of the molecule is CC(C)c1ccc(NC(=O)[C@H]2CC(=O)NC(N3CCCCC3)=N2)cc1. The van der Waals surface area contributed by atoms with Crippen LogP contribution in [0.25, 0.3) is 0 Å². The number of carbonyl (C=O) groups excluding carboxylic acids is 2. The van der Waals surface area contributed by atoms with Crippen LogP contribution in [0.3, 0.4) is 0 Å². The molecule has 0 aromatic heterocycles. The van der Waals surface area contributed by atoms with Gasteiger partial charge in [0, 0.05) is 18.8 Å². The lowest BCUT2D eigenvalue weighted by Crippen LogP contribution is -2.51. The molecule has 0 unspecified atom stereocenters. The minimum Gasteiger partial charge on any atom is -0.343 e. The molecule has 1 atom stereocenters. The molecule has 6 heteroatoms. The molecule has 2 aliphatic rings. The summed E-state index contributed by atoms with van der Waals surface area (Å²) in [6.45, 7) is 6.02. The second kappa shape index (κ2) is 7.68. The molecule has 1 aromatic rings. The van der Waals surface area contributed by atoms with Crippen LogP contribution >= 0.6 is 0 Å². The van der Waals surface area contributed by atoms with Crippen LogP contribution in [0.5, 0.6) is 0 Å². The number of likely N-dealkylation sites (tertiary alicyclic amines) is 1. The van der Waals surface area contributed by atoms with Crippen LogP contribution in [0.15, 0.2) is 29.3 Å². The van der Waals surface area contributed by atoms with E-state index in [-0.39, 0.29) is 18.2 Å². The van der Waals surface area contributed by atoms with Crippen LogP contribution in [-0.4, -0.2) is 41.8 Å². The number of hydrogen-bond donors (Lipinski definition) is 2. The average molecular weight is 342 g/mol. The molecule has 2 aliphatic heterocycles. The Bertz CT molecular complexity index is 661. The zero-order chi connectivity index (χ0) is 17.8. The number of rotatable bonds is 3. The molecular formula is C19H26N4O2. The maximum Gasteiger partial charge on any atom is 0.249 e. The van der Waals surface area contributed by atoms with Crippen molar-refractivity contribution in [3.8, 4) is 0 Å². The summed E-state index contributed by atoms with van der Waals surface area (Å²) in [5.41, 5.74) is 1.95. The van der Waals surface area contributed by atoms with Crippen molar-refractivity contribution in [3.63, 3.8) is 0 Å². The molecule has 25 heavy (non-hydrogen) atoms. The number of piperidine rings is 1. The van der Waals surface area contributed by atoms with E-state index in [1.807, 2.05) is 24.3 Å². The standard InChI is InChI=1S/C19H26N4O2/c1-13(2)14-6-8-15(9-7-14)20-18(25)16-12-17(24)22-19(21-16)23-10-4-3-5-11-23/h6-9,13,16H,3-5,10-12H2,1-2H3,(H,20,25)(H,21,22,24)/t16-/m1/s1. The van der Waals surface area contributed by atoms with Gasteiger partial charge < -0.3 is 10.2 Å². The molecular weight excluding hydrogens is 316 g/mol. The van der Waals surface area contributed by atoms with Crippen molar-refractivity contribution in [1.29, 1.82) is 0 Å². The molecule has 3 rings (SSSR count). The minimum atomic E-state index is -0.671. The monoisotopic (exact) mass is 342 g/mol. The summed E-state index contributed by atoms with van der Waals surface area (Å²) >= 11 is 0. The van der Waals surface area contributed by atoms with Crippen molar-refractivity contribution in [2.24, 2.45) is 4.99 Å². The van der Waals surface area contributed by atoms with E-state index in [2.05, 4.69) is 34.4 Å². The molecule has 0 aliphatic carbocycles. The van der Waals surface area contributed by atoms with E-state index in [9.17, 15) is 9.59 Å². The van der Waals surface area contributed by atoms with E-state index in [0.717, 1.165) is 31.6 Å². The molecule has 1 saturated heterocycles. The normalized spacial score (nSPS) is 20.9. The smallest absolute Gasteiger partial charge is 0.249 e. The van der Waals surface area contributed by atoms with Crippen LogP contribution < -0.4 is 10.6 Å².